The molecule has 0 aliphatic rings. The van der Waals surface area contributed by atoms with Gasteiger partial charge in [0.15, 0.2) is 6.10 Å². The van der Waals surface area contributed by atoms with E-state index < -0.39 is 48.9 Å². The third-order valence-electron chi connectivity index (χ3n) is 2.50. The first kappa shape index (κ1) is 18.4. The molecule has 5 N–H and O–H groups in total. The van der Waals surface area contributed by atoms with E-state index >= 15 is 0 Å². The highest BCUT2D eigenvalue weighted by atomic mass is 16.5. The Morgan fingerprint density at radius 2 is 1.90 bits per heavy atom. The Labute approximate surface area is 115 Å². The molecule has 5 atom stereocenters. The molecule has 9 heteroatoms. The number of rotatable bonds is 9. The van der Waals surface area contributed by atoms with Gasteiger partial charge < -0.3 is 35.3 Å². The van der Waals surface area contributed by atoms with Gasteiger partial charge in [0.25, 0.3) is 0 Å². The second-order valence-electron chi connectivity index (χ2n) is 4.18. The predicted octanol–water partition coefficient (Wildman–Crippen LogP) is -2.74. The minimum absolute atomic E-state index is 0.244. The number of nitrogens with one attached hydrogen (secondary N) is 1. The van der Waals surface area contributed by atoms with Gasteiger partial charge in [-0.1, -0.05) is 0 Å². The standard InChI is InChI=1S/C11H19NO8/c1-5(11(18)19)20-10(9(17)8(16)4-14)7(3-13)12-6(2)15/h3,5,7-10,14,16-17H,4H2,1-2H3,(H,12,15)(H,18,19). The second kappa shape index (κ2) is 8.59. The van der Waals surface area contributed by atoms with Crippen molar-refractivity contribution in [3.63, 3.8) is 0 Å². The number of aliphatic hydroxyl groups is 3. The zero-order valence-electron chi connectivity index (χ0n) is 11.1. The number of carbonyl (C=O) groups excluding carboxylic acids is 2. The predicted molar refractivity (Wildman–Crippen MR) is 64.7 cm³/mol. The van der Waals surface area contributed by atoms with Gasteiger partial charge in [-0.2, -0.15) is 0 Å². The second-order valence-corrected chi connectivity index (χ2v) is 4.18. The van der Waals surface area contributed by atoms with Gasteiger partial charge in [-0.15, -0.1) is 0 Å². The number of aliphatic hydroxyl groups excluding tert-OH is 3. The highest BCUT2D eigenvalue weighted by molar-refractivity contribution is 5.77. The molecule has 0 aromatic heterocycles. The molecule has 20 heavy (non-hydrogen) atoms. The van der Waals surface area contributed by atoms with Gasteiger partial charge in [-0.25, -0.2) is 4.79 Å². The van der Waals surface area contributed by atoms with Gasteiger partial charge in [-0.05, 0) is 6.92 Å². The molecule has 0 aliphatic heterocycles. The summed E-state index contributed by atoms with van der Waals surface area (Å²) in [4.78, 5) is 32.7. The van der Waals surface area contributed by atoms with E-state index in [9.17, 15) is 24.6 Å². The molecule has 9 nitrogen and oxygen atoms in total. The van der Waals surface area contributed by atoms with E-state index in [1.807, 2.05) is 0 Å². The quantitative estimate of drug-likeness (QED) is 0.287. The number of carbonyl (C=O) groups is 3. The van der Waals surface area contributed by atoms with Crippen LogP contribution < -0.4 is 5.32 Å². The normalized spacial score (nSPS) is 18.4. The Kier molecular flexibility index (Phi) is 7.92. The first-order chi connectivity index (χ1) is 9.24. The van der Waals surface area contributed by atoms with Crippen molar-refractivity contribution < 1.29 is 39.5 Å². The molecule has 0 spiro atoms. The Morgan fingerprint density at radius 1 is 1.35 bits per heavy atom. The molecule has 1 amide bonds. The number of carboxylic acids is 1. The van der Waals surface area contributed by atoms with Crippen molar-refractivity contribution in [1.82, 2.24) is 5.32 Å². The average molecular weight is 293 g/mol. The van der Waals surface area contributed by atoms with Crippen LogP contribution in [-0.4, -0.2) is 75.7 Å². The Bertz CT molecular complexity index is 347. The zero-order valence-corrected chi connectivity index (χ0v) is 11.1. The molecule has 0 bridgehead atoms. The van der Waals surface area contributed by atoms with Crippen LogP contribution in [0.5, 0.6) is 0 Å². The summed E-state index contributed by atoms with van der Waals surface area (Å²) in [7, 11) is 0. The zero-order chi connectivity index (χ0) is 15.9. The maximum absolute atomic E-state index is 11.0. The molecule has 0 aromatic carbocycles. The van der Waals surface area contributed by atoms with E-state index in [1.54, 1.807) is 0 Å². The molecule has 0 radical (unpaired) electrons. The van der Waals surface area contributed by atoms with E-state index in [2.05, 4.69) is 5.32 Å². The van der Waals surface area contributed by atoms with E-state index in [0.29, 0.717) is 0 Å². The van der Waals surface area contributed by atoms with Crippen molar-refractivity contribution in [2.75, 3.05) is 6.61 Å². The Balaban J connectivity index is 5.15. The Morgan fingerprint density at radius 3 is 2.25 bits per heavy atom. The van der Waals surface area contributed by atoms with E-state index in [1.165, 1.54) is 0 Å². The van der Waals surface area contributed by atoms with E-state index in [4.69, 9.17) is 14.9 Å². The first-order valence-corrected chi connectivity index (χ1v) is 5.82. The number of aldehydes is 1. The molecule has 116 valence electrons. The van der Waals surface area contributed by atoms with Gasteiger partial charge in [0, 0.05) is 6.92 Å². The topological polar surface area (TPSA) is 153 Å². The molecular formula is C11H19NO8. The number of ether oxygens (including phenoxy) is 1. The van der Waals surface area contributed by atoms with Gasteiger partial charge >= 0.3 is 5.97 Å². The molecule has 0 saturated heterocycles. The lowest BCUT2D eigenvalue weighted by Gasteiger charge is -2.31. The van der Waals surface area contributed by atoms with Crippen LogP contribution in [-0.2, 0) is 19.1 Å². The molecular weight excluding hydrogens is 274 g/mol. The van der Waals surface area contributed by atoms with Gasteiger partial charge in [0.05, 0.1) is 6.61 Å². The van der Waals surface area contributed by atoms with Crippen molar-refractivity contribution in [3.05, 3.63) is 0 Å². The summed E-state index contributed by atoms with van der Waals surface area (Å²) in [5.41, 5.74) is 0. The fourth-order valence-electron chi connectivity index (χ4n) is 1.43. The molecule has 0 saturated carbocycles. The van der Waals surface area contributed by atoms with E-state index in [-0.39, 0.29) is 6.29 Å². The largest absolute Gasteiger partial charge is 0.479 e. The van der Waals surface area contributed by atoms with Gasteiger partial charge in [0.2, 0.25) is 5.91 Å². The molecule has 0 aromatic rings. The molecule has 0 aliphatic carbocycles. The van der Waals surface area contributed by atoms with Crippen LogP contribution in [0.15, 0.2) is 0 Å². The van der Waals surface area contributed by atoms with Gasteiger partial charge in [0.1, 0.15) is 30.6 Å². The number of hydrogen-bond acceptors (Lipinski definition) is 7. The van der Waals surface area contributed by atoms with E-state index in [0.717, 1.165) is 13.8 Å². The van der Waals surface area contributed by atoms with Gasteiger partial charge in [-0.3, -0.25) is 4.79 Å². The minimum Gasteiger partial charge on any atom is -0.479 e. The first-order valence-electron chi connectivity index (χ1n) is 5.82. The number of carboxylic acid groups (broad SMARTS) is 1. The molecule has 0 rings (SSSR count). The third-order valence-corrected chi connectivity index (χ3v) is 2.50. The molecule has 0 heterocycles. The summed E-state index contributed by atoms with van der Waals surface area (Å²) in [6, 6.07) is -1.37. The number of amides is 1. The summed E-state index contributed by atoms with van der Waals surface area (Å²) < 4.78 is 4.98. The summed E-state index contributed by atoms with van der Waals surface area (Å²) in [6.45, 7) is 1.44. The van der Waals surface area contributed by atoms with Crippen LogP contribution >= 0.6 is 0 Å². The highest BCUT2D eigenvalue weighted by Crippen LogP contribution is 2.12. The minimum atomic E-state index is -1.76. The van der Waals surface area contributed by atoms with Crippen LogP contribution in [0.2, 0.25) is 0 Å². The average Bonchev–Trinajstić information content (AvgIpc) is 2.39. The van der Waals surface area contributed by atoms with Crippen LogP contribution in [0.4, 0.5) is 0 Å². The van der Waals surface area contributed by atoms with Crippen LogP contribution in [0.25, 0.3) is 0 Å². The number of hydrogen-bond donors (Lipinski definition) is 5. The lowest BCUT2D eigenvalue weighted by molar-refractivity contribution is -0.168. The van der Waals surface area contributed by atoms with Crippen molar-refractivity contribution in [2.24, 2.45) is 0 Å². The van der Waals surface area contributed by atoms with Crippen LogP contribution in [0.1, 0.15) is 13.8 Å². The number of aliphatic carboxylic acids is 1. The summed E-state index contributed by atoms with van der Waals surface area (Å²) in [5, 5.41) is 38.8. The van der Waals surface area contributed by atoms with Crippen molar-refractivity contribution in [3.8, 4) is 0 Å². The highest BCUT2D eigenvalue weighted by Gasteiger charge is 2.36. The lowest BCUT2D eigenvalue weighted by Crippen LogP contribution is -2.55. The smallest absolute Gasteiger partial charge is 0.332 e. The third kappa shape index (κ3) is 5.61. The van der Waals surface area contributed by atoms with Crippen LogP contribution in [0, 0.1) is 0 Å². The molecule has 0 fully saturated rings. The maximum Gasteiger partial charge on any atom is 0.332 e. The fourth-order valence-corrected chi connectivity index (χ4v) is 1.43. The summed E-state index contributed by atoms with van der Waals surface area (Å²) in [5.74, 6) is -1.96. The molecule has 5 unspecified atom stereocenters. The maximum atomic E-state index is 11.0. The van der Waals surface area contributed by atoms with Crippen LogP contribution in [0.3, 0.4) is 0 Å². The van der Waals surface area contributed by atoms with Crippen molar-refractivity contribution in [1.29, 1.82) is 0 Å². The summed E-state index contributed by atoms with van der Waals surface area (Å²) in [6.07, 6.45) is -6.09. The monoisotopic (exact) mass is 293 g/mol. The SMILES string of the molecule is CC(=O)NC(C=O)C(OC(C)C(=O)O)C(O)C(O)CO. The summed E-state index contributed by atoms with van der Waals surface area (Å²) >= 11 is 0. The fraction of sp³-hybridized carbons (Fsp3) is 0.727. The van der Waals surface area contributed by atoms with Crippen molar-refractivity contribution in [2.45, 2.75) is 44.3 Å². The lowest BCUT2D eigenvalue weighted by atomic mass is 10.0. The van der Waals surface area contributed by atoms with Crippen molar-refractivity contribution >= 4 is 18.2 Å². The Hall–Kier alpha value is -1.55.